The molecule has 0 aliphatic rings. The van der Waals surface area contributed by atoms with E-state index in [0.717, 1.165) is 12.1 Å². The lowest BCUT2D eigenvalue weighted by Crippen LogP contribution is -2.45. The Morgan fingerprint density at radius 2 is 1.53 bits per heavy atom. The van der Waals surface area contributed by atoms with Crippen molar-refractivity contribution >= 4 is 11.8 Å². The van der Waals surface area contributed by atoms with E-state index < -0.39 is 0 Å². The molecule has 0 unspecified atom stereocenters. The zero-order chi connectivity index (χ0) is 23.1. The van der Waals surface area contributed by atoms with Gasteiger partial charge in [0.25, 0.3) is 0 Å². The average molecular weight is 420 g/mol. The van der Waals surface area contributed by atoms with E-state index in [9.17, 15) is 9.59 Å². The number of aromatic nitrogens is 1. The van der Waals surface area contributed by atoms with Gasteiger partial charge in [0.2, 0.25) is 11.8 Å². The fraction of sp³-hybridized carbons (Fsp3) is 0.760. The predicted molar refractivity (Wildman–Crippen MR) is 125 cm³/mol. The summed E-state index contributed by atoms with van der Waals surface area (Å²) >= 11 is 0. The van der Waals surface area contributed by atoms with Gasteiger partial charge >= 0.3 is 0 Å². The van der Waals surface area contributed by atoms with Gasteiger partial charge in [0.05, 0.1) is 13.1 Å². The molecule has 1 aromatic heterocycles. The first-order valence-electron chi connectivity index (χ1n) is 11.4. The lowest BCUT2D eigenvalue weighted by molar-refractivity contribution is -0.142. The zero-order valence-electron chi connectivity index (χ0n) is 20.9. The molecule has 0 N–H and O–H groups in total. The Kier molecular flexibility index (Phi) is 10.1. The quantitative estimate of drug-likeness (QED) is 0.509. The second-order valence-corrected chi connectivity index (χ2v) is 11.0. The van der Waals surface area contributed by atoms with Crippen LogP contribution in [-0.4, -0.2) is 45.8 Å². The molecule has 172 valence electrons. The molecule has 0 aliphatic heterocycles. The van der Waals surface area contributed by atoms with Gasteiger partial charge in [-0.05, 0) is 41.7 Å². The highest BCUT2D eigenvalue weighted by atomic mass is 16.2. The van der Waals surface area contributed by atoms with Crippen molar-refractivity contribution in [2.75, 3.05) is 19.6 Å². The monoisotopic (exact) mass is 419 g/mol. The van der Waals surface area contributed by atoms with Gasteiger partial charge in [0, 0.05) is 38.4 Å². The Morgan fingerprint density at radius 3 is 2.00 bits per heavy atom. The third-order valence-corrected chi connectivity index (χ3v) is 5.09. The molecule has 1 atom stereocenters. The minimum Gasteiger partial charge on any atom is -0.353 e. The normalized spacial score (nSPS) is 13.0. The molecule has 1 heterocycles. The highest BCUT2D eigenvalue weighted by molar-refractivity contribution is 5.85. The fourth-order valence-corrected chi connectivity index (χ4v) is 4.05. The molecule has 0 aliphatic carbocycles. The molecule has 0 saturated heterocycles. The zero-order valence-corrected chi connectivity index (χ0v) is 20.9. The first kappa shape index (κ1) is 26.3. The van der Waals surface area contributed by atoms with Crippen LogP contribution in [-0.2, 0) is 23.2 Å². The minimum atomic E-state index is 0.0300. The summed E-state index contributed by atoms with van der Waals surface area (Å²) in [5.41, 5.74) is 1.30. The van der Waals surface area contributed by atoms with E-state index in [4.69, 9.17) is 0 Å². The molecule has 0 spiro atoms. The van der Waals surface area contributed by atoms with Crippen LogP contribution in [0.3, 0.4) is 0 Å². The number of aryl methyl sites for hydroxylation is 1. The summed E-state index contributed by atoms with van der Waals surface area (Å²) < 4.78 is 2.05. The van der Waals surface area contributed by atoms with E-state index in [1.807, 2.05) is 34.8 Å². The Morgan fingerprint density at radius 1 is 0.967 bits per heavy atom. The Balaban J connectivity index is 2.89. The number of carbonyl (C=O) groups excluding carboxylic acids is 2. The highest BCUT2D eigenvalue weighted by Crippen LogP contribution is 2.26. The number of amides is 2. The van der Waals surface area contributed by atoms with Crippen LogP contribution in [0.4, 0.5) is 0 Å². The molecule has 0 saturated carbocycles. The van der Waals surface area contributed by atoms with Crippen molar-refractivity contribution in [1.82, 2.24) is 14.4 Å². The SMILES string of the molecule is CC(C)CN(CC(=O)N(Cc1cccn1C)CC(C)C)C(=O)C[C@@H](C)CC(C)(C)C. The molecule has 0 aromatic carbocycles. The van der Waals surface area contributed by atoms with E-state index in [1.54, 1.807) is 4.90 Å². The maximum Gasteiger partial charge on any atom is 0.242 e. The van der Waals surface area contributed by atoms with Crippen LogP contribution >= 0.6 is 0 Å². The van der Waals surface area contributed by atoms with E-state index in [1.165, 1.54) is 0 Å². The summed E-state index contributed by atoms with van der Waals surface area (Å²) in [7, 11) is 2.00. The van der Waals surface area contributed by atoms with Crippen molar-refractivity contribution in [2.45, 2.75) is 74.8 Å². The first-order chi connectivity index (χ1) is 13.8. The standard InChI is InChI=1S/C25H45N3O2/c1-19(2)15-27(17-22-11-10-12-26(22)9)24(30)18-28(16-20(3)4)23(29)13-21(5)14-25(6,7)8/h10-12,19-21H,13-18H2,1-9H3/t21-/m1/s1. The van der Waals surface area contributed by atoms with Gasteiger partial charge in [0.1, 0.15) is 0 Å². The van der Waals surface area contributed by atoms with Gasteiger partial charge in [-0.1, -0.05) is 55.4 Å². The predicted octanol–water partition coefficient (Wildman–Crippen LogP) is 4.96. The fourth-order valence-electron chi connectivity index (χ4n) is 4.05. The van der Waals surface area contributed by atoms with Gasteiger partial charge in [-0.25, -0.2) is 0 Å². The van der Waals surface area contributed by atoms with Gasteiger partial charge in [-0.3, -0.25) is 9.59 Å². The van der Waals surface area contributed by atoms with E-state index in [-0.39, 0.29) is 23.8 Å². The number of rotatable bonds is 11. The van der Waals surface area contributed by atoms with E-state index in [2.05, 4.69) is 55.4 Å². The average Bonchev–Trinajstić information content (AvgIpc) is 2.95. The van der Waals surface area contributed by atoms with Crippen LogP contribution < -0.4 is 0 Å². The Hall–Kier alpha value is -1.78. The largest absolute Gasteiger partial charge is 0.353 e. The summed E-state index contributed by atoms with van der Waals surface area (Å²) in [5, 5.41) is 0. The van der Waals surface area contributed by atoms with E-state index >= 15 is 0 Å². The molecule has 1 aromatic rings. The third-order valence-electron chi connectivity index (χ3n) is 5.09. The van der Waals surface area contributed by atoms with Crippen molar-refractivity contribution in [3.63, 3.8) is 0 Å². The minimum absolute atomic E-state index is 0.0300. The topological polar surface area (TPSA) is 45.6 Å². The maximum absolute atomic E-state index is 13.2. The molecule has 5 heteroatoms. The van der Waals surface area contributed by atoms with Gasteiger partial charge < -0.3 is 14.4 Å². The van der Waals surface area contributed by atoms with E-state index in [0.29, 0.717) is 43.8 Å². The first-order valence-corrected chi connectivity index (χ1v) is 11.4. The van der Waals surface area contributed by atoms with Crippen LogP contribution in [0.2, 0.25) is 0 Å². The second kappa shape index (κ2) is 11.6. The molecule has 30 heavy (non-hydrogen) atoms. The van der Waals surface area contributed by atoms with Crippen LogP contribution in [0.1, 0.15) is 73.9 Å². The number of nitrogens with zero attached hydrogens (tertiary/aromatic N) is 3. The summed E-state index contributed by atoms with van der Waals surface area (Å²) in [5.74, 6) is 1.12. The number of hydrogen-bond acceptors (Lipinski definition) is 2. The van der Waals surface area contributed by atoms with Crippen molar-refractivity contribution in [2.24, 2.45) is 30.2 Å². The molecular weight excluding hydrogens is 374 g/mol. The molecule has 0 radical (unpaired) electrons. The molecular formula is C25H45N3O2. The molecule has 5 nitrogen and oxygen atoms in total. The van der Waals surface area contributed by atoms with Crippen LogP contribution in [0, 0.1) is 23.2 Å². The lowest BCUT2D eigenvalue weighted by Gasteiger charge is -2.31. The van der Waals surface area contributed by atoms with Gasteiger partial charge in [0.15, 0.2) is 0 Å². The third kappa shape index (κ3) is 9.82. The molecule has 2 amide bonds. The molecule has 0 bridgehead atoms. The van der Waals surface area contributed by atoms with Gasteiger partial charge in [-0.15, -0.1) is 0 Å². The van der Waals surface area contributed by atoms with Crippen molar-refractivity contribution < 1.29 is 9.59 Å². The van der Waals surface area contributed by atoms with Crippen LogP contribution in [0.5, 0.6) is 0 Å². The molecule has 0 fully saturated rings. The lowest BCUT2D eigenvalue weighted by atomic mass is 9.84. The summed E-state index contributed by atoms with van der Waals surface area (Å²) in [6.07, 6.45) is 3.49. The Bertz CT molecular complexity index is 670. The number of carbonyl (C=O) groups is 2. The molecule has 1 rings (SSSR count). The van der Waals surface area contributed by atoms with Crippen molar-refractivity contribution in [3.05, 3.63) is 24.0 Å². The van der Waals surface area contributed by atoms with Crippen LogP contribution in [0.15, 0.2) is 18.3 Å². The Labute approximate surface area is 184 Å². The van der Waals surface area contributed by atoms with Crippen LogP contribution in [0.25, 0.3) is 0 Å². The summed E-state index contributed by atoms with van der Waals surface area (Å²) in [6.45, 7) is 19.2. The summed E-state index contributed by atoms with van der Waals surface area (Å²) in [4.78, 5) is 30.0. The van der Waals surface area contributed by atoms with Crippen molar-refractivity contribution in [3.8, 4) is 0 Å². The van der Waals surface area contributed by atoms with Crippen molar-refractivity contribution in [1.29, 1.82) is 0 Å². The van der Waals surface area contributed by atoms with Gasteiger partial charge in [-0.2, -0.15) is 0 Å². The smallest absolute Gasteiger partial charge is 0.242 e. The summed E-state index contributed by atoms with van der Waals surface area (Å²) in [6, 6.07) is 4.05. The maximum atomic E-state index is 13.2. The number of hydrogen-bond donors (Lipinski definition) is 0. The highest BCUT2D eigenvalue weighted by Gasteiger charge is 2.25. The second-order valence-electron chi connectivity index (χ2n) is 11.0.